The first-order chi connectivity index (χ1) is 11.8. The van der Waals surface area contributed by atoms with Crippen molar-refractivity contribution in [3.8, 4) is 0 Å². The van der Waals surface area contributed by atoms with Gasteiger partial charge in [0.1, 0.15) is 5.70 Å². The van der Waals surface area contributed by atoms with Crippen LogP contribution in [0.1, 0.15) is 4.88 Å². The number of hydrogen-bond donors (Lipinski definition) is 1. The van der Waals surface area contributed by atoms with Gasteiger partial charge in [-0.1, -0.05) is 6.07 Å². The Balaban J connectivity index is 1.94. The first-order valence-electron chi connectivity index (χ1n) is 6.89. The van der Waals surface area contributed by atoms with Gasteiger partial charge in [-0.25, -0.2) is 13.1 Å². The Bertz CT molecular complexity index is 999. The summed E-state index contributed by atoms with van der Waals surface area (Å²) in [7, 11) is -2.89. The van der Waals surface area contributed by atoms with E-state index in [-0.39, 0.29) is 17.1 Å². The molecule has 0 bridgehead atoms. The number of amides is 1. The SMILES string of the molecule is CN1C(C(=O)Nc2ccc(F)c(F)c2)=CC(c2cccs2)=NS1(=O)=O. The van der Waals surface area contributed by atoms with Crippen LogP contribution in [-0.4, -0.2) is 31.4 Å². The van der Waals surface area contributed by atoms with Crippen LogP contribution in [0.25, 0.3) is 0 Å². The molecule has 0 atom stereocenters. The fourth-order valence-corrected chi connectivity index (χ4v) is 3.72. The lowest BCUT2D eigenvalue weighted by Crippen LogP contribution is -2.35. The van der Waals surface area contributed by atoms with Gasteiger partial charge in [0.2, 0.25) is 0 Å². The third-order valence-electron chi connectivity index (χ3n) is 3.36. The second kappa shape index (κ2) is 6.37. The van der Waals surface area contributed by atoms with Crippen molar-refractivity contribution >= 4 is 38.9 Å². The molecule has 25 heavy (non-hydrogen) atoms. The van der Waals surface area contributed by atoms with Gasteiger partial charge >= 0.3 is 10.2 Å². The Morgan fingerprint density at radius 2 is 2.00 bits per heavy atom. The van der Waals surface area contributed by atoms with Gasteiger partial charge in [0.05, 0.1) is 10.6 Å². The number of nitrogens with zero attached hydrogens (tertiary/aromatic N) is 2. The molecule has 1 amide bonds. The first-order valence-corrected chi connectivity index (χ1v) is 9.16. The number of rotatable bonds is 3. The fourth-order valence-electron chi connectivity index (χ4n) is 2.07. The van der Waals surface area contributed by atoms with E-state index >= 15 is 0 Å². The van der Waals surface area contributed by atoms with E-state index in [4.69, 9.17) is 0 Å². The first kappa shape index (κ1) is 17.2. The topological polar surface area (TPSA) is 78.8 Å². The highest BCUT2D eigenvalue weighted by Crippen LogP contribution is 2.23. The van der Waals surface area contributed by atoms with Gasteiger partial charge in [-0.3, -0.25) is 4.79 Å². The maximum atomic E-state index is 13.3. The molecule has 1 N–H and O–H groups in total. The largest absolute Gasteiger partial charge is 0.345 e. The summed E-state index contributed by atoms with van der Waals surface area (Å²) in [6.45, 7) is 0. The van der Waals surface area contributed by atoms with Crippen LogP contribution in [0.4, 0.5) is 14.5 Å². The highest BCUT2D eigenvalue weighted by Gasteiger charge is 2.30. The molecule has 6 nitrogen and oxygen atoms in total. The number of carbonyl (C=O) groups excluding carboxylic acids is 1. The smallest absolute Gasteiger partial charge is 0.321 e. The number of carbonyl (C=O) groups is 1. The molecule has 1 aliphatic rings. The zero-order valence-electron chi connectivity index (χ0n) is 12.7. The number of likely N-dealkylation sites (N-methyl/N-ethyl adjacent to an activating group) is 1. The summed E-state index contributed by atoms with van der Waals surface area (Å²) in [4.78, 5) is 13.0. The molecule has 0 spiro atoms. The van der Waals surface area contributed by atoms with E-state index in [2.05, 4.69) is 9.71 Å². The number of nitrogens with one attached hydrogen (secondary N) is 1. The van der Waals surface area contributed by atoms with Crippen LogP contribution in [0.2, 0.25) is 0 Å². The van der Waals surface area contributed by atoms with Crippen molar-refractivity contribution in [3.05, 3.63) is 64.0 Å². The van der Waals surface area contributed by atoms with Gasteiger partial charge in [-0.05, 0) is 29.7 Å². The molecule has 3 rings (SSSR count). The van der Waals surface area contributed by atoms with Crippen LogP contribution < -0.4 is 5.32 Å². The highest BCUT2D eigenvalue weighted by molar-refractivity contribution is 7.88. The second-order valence-corrected chi connectivity index (χ2v) is 7.59. The van der Waals surface area contributed by atoms with Gasteiger partial charge in [-0.15, -0.1) is 15.7 Å². The van der Waals surface area contributed by atoms with Crippen molar-refractivity contribution in [3.63, 3.8) is 0 Å². The molecule has 0 fully saturated rings. The zero-order valence-corrected chi connectivity index (χ0v) is 14.4. The lowest BCUT2D eigenvalue weighted by molar-refractivity contribution is -0.113. The van der Waals surface area contributed by atoms with Gasteiger partial charge in [0.25, 0.3) is 5.91 Å². The van der Waals surface area contributed by atoms with E-state index < -0.39 is 27.8 Å². The number of allylic oxidation sites excluding steroid dienone is 1. The third-order valence-corrected chi connectivity index (χ3v) is 5.56. The average Bonchev–Trinajstić information content (AvgIpc) is 3.07. The van der Waals surface area contributed by atoms with Gasteiger partial charge in [-0.2, -0.15) is 8.42 Å². The van der Waals surface area contributed by atoms with E-state index in [0.29, 0.717) is 4.88 Å². The molecule has 2 heterocycles. The predicted octanol–water partition coefficient (Wildman–Crippen LogP) is 2.53. The summed E-state index contributed by atoms with van der Waals surface area (Å²) >= 11 is 1.27. The number of thiophene rings is 1. The Hall–Kier alpha value is -2.59. The molecule has 1 aromatic carbocycles. The maximum absolute atomic E-state index is 13.3. The molecule has 130 valence electrons. The van der Waals surface area contributed by atoms with Crippen molar-refractivity contribution in [2.45, 2.75) is 0 Å². The molecule has 10 heteroatoms. The number of halogens is 2. The van der Waals surface area contributed by atoms with Gasteiger partial charge in [0.15, 0.2) is 11.6 Å². The number of anilines is 1. The predicted molar refractivity (Wildman–Crippen MR) is 90.6 cm³/mol. The van der Waals surface area contributed by atoms with Crippen molar-refractivity contribution in [2.24, 2.45) is 4.40 Å². The molecule has 0 radical (unpaired) electrons. The number of benzene rings is 1. The van der Waals surface area contributed by atoms with Gasteiger partial charge < -0.3 is 5.32 Å². The monoisotopic (exact) mass is 383 g/mol. The lowest BCUT2D eigenvalue weighted by Gasteiger charge is -2.23. The Labute approximate surface area is 146 Å². The van der Waals surface area contributed by atoms with Crippen LogP contribution in [0, 0.1) is 11.6 Å². The van der Waals surface area contributed by atoms with Crippen molar-refractivity contribution in [1.82, 2.24) is 4.31 Å². The van der Waals surface area contributed by atoms with Crippen LogP contribution in [0.3, 0.4) is 0 Å². The third kappa shape index (κ3) is 3.44. The fraction of sp³-hybridized carbons (Fsp3) is 0.0667. The summed E-state index contributed by atoms with van der Waals surface area (Å²) in [5, 5.41) is 4.09. The molecule has 2 aromatic rings. The minimum absolute atomic E-state index is 0.00390. The van der Waals surface area contributed by atoms with E-state index in [0.717, 1.165) is 16.4 Å². The van der Waals surface area contributed by atoms with Crippen molar-refractivity contribution < 1.29 is 22.0 Å². The molecule has 0 unspecified atom stereocenters. The highest BCUT2D eigenvalue weighted by atomic mass is 32.2. The van der Waals surface area contributed by atoms with E-state index in [9.17, 15) is 22.0 Å². The Kier molecular flexibility index (Phi) is 4.39. The van der Waals surface area contributed by atoms with E-state index in [1.807, 2.05) is 0 Å². The summed E-state index contributed by atoms with van der Waals surface area (Å²) in [6, 6.07) is 6.23. The average molecular weight is 383 g/mol. The summed E-state index contributed by atoms with van der Waals surface area (Å²) < 4.78 is 54.9. The van der Waals surface area contributed by atoms with Crippen LogP contribution in [0.5, 0.6) is 0 Å². The molecule has 1 aromatic heterocycles. The summed E-state index contributed by atoms with van der Waals surface area (Å²) in [5.41, 5.74) is -0.0672. The molecule has 0 saturated carbocycles. The Morgan fingerprint density at radius 3 is 2.64 bits per heavy atom. The second-order valence-electron chi connectivity index (χ2n) is 5.01. The molecular weight excluding hydrogens is 372 g/mol. The van der Waals surface area contributed by atoms with Gasteiger partial charge in [0, 0.05) is 18.8 Å². The van der Waals surface area contributed by atoms with E-state index in [1.54, 1.807) is 17.5 Å². The molecule has 0 saturated heterocycles. The van der Waals surface area contributed by atoms with Crippen molar-refractivity contribution in [1.29, 1.82) is 0 Å². The van der Waals surface area contributed by atoms with Crippen molar-refractivity contribution in [2.75, 3.05) is 12.4 Å². The van der Waals surface area contributed by atoms with E-state index in [1.165, 1.54) is 30.5 Å². The van der Waals surface area contributed by atoms with Crippen LogP contribution in [-0.2, 0) is 15.0 Å². The molecule has 0 aliphatic carbocycles. The molecular formula is C15H11F2N3O3S2. The quantitative estimate of drug-likeness (QED) is 0.885. The lowest BCUT2D eigenvalue weighted by atomic mass is 10.2. The zero-order chi connectivity index (χ0) is 18.2. The summed E-state index contributed by atoms with van der Waals surface area (Å²) in [6.07, 6.45) is 1.32. The number of hydrogen-bond acceptors (Lipinski definition) is 4. The molecule has 1 aliphatic heterocycles. The van der Waals surface area contributed by atoms with Crippen LogP contribution >= 0.6 is 11.3 Å². The van der Waals surface area contributed by atoms with Crippen LogP contribution in [0.15, 0.2) is 51.9 Å². The standard InChI is InChI=1S/C15H11F2N3O3S2/c1-20-13(15(21)18-9-4-5-10(16)11(17)7-9)8-12(19-25(20,22)23)14-3-2-6-24-14/h2-8H,1H3,(H,18,21). The minimum atomic E-state index is -4.07. The normalized spacial score (nSPS) is 16.2. The summed E-state index contributed by atoms with van der Waals surface area (Å²) in [5.74, 6) is -2.97. The Morgan fingerprint density at radius 1 is 1.24 bits per heavy atom. The minimum Gasteiger partial charge on any atom is -0.321 e. The maximum Gasteiger partial charge on any atom is 0.345 e.